The van der Waals surface area contributed by atoms with E-state index in [-0.39, 0.29) is 6.54 Å². The lowest BCUT2D eigenvalue weighted by Gasteiger charge is -2.07. The summed E-state index contributed by atoms with van der Waals surface area (Å²) < 4.78 is 30.6. The number of ether oxygens (including phenoxy) is 1. The molecular formula is C9H13N3O4S. The van der Waals surface area contributed by atoms with Gasteiger partial charge in [-0.1, -0.05) is 12.1 Å². The molecule has 0 atom stereocenters. The normalized spacial score (nSPS) is 10.9. The van der Waals surface area contributed by atoms with Crippen LogP contribution in [0.3, 0.4) is 0 Å². The Morgan fingerprint density at radius 3 is 2.76 bits per heavy atom. The largest absolute Gasteiger partial charge is 0.452 e. The van der Waals surface area contributed by atoms with Crippen LogP contribution >= 0.6 is 0 Å². The summed E-state index contributed by atoms with van der Waals surface area (Å²) in [5, 5.41) is 0. The number of nitrogens with two attached hydrogens (primary N) is 1. The maximum Gasteiger partial charge on any atom is 0.421 e. The van der Waals surface area contributed by atoms with Gasteiger partial charge in [0.05, 0.1) is 7.11 Å². The summed E-state index contributed by atoms with van der Waals surface area (Å²) >= 11 is 0. The highest BCUT2D eigenvalue weighted by Gasteiger charge is 2.13. The molecule has 0 aliphatic heterocycles. The minimum absolute atomic E-state index is 0.0252. The Kier molecular flexibility index (Phi) is 4.30. The van der Waals surface area contributed by atoms with Crippen molar-refractivity contribution < 1.29 is 17.9 Å². The summed E-state index contributed by atoms with van der Waals surface area (Å²) in [6.45, 7) is 0.0252. The van der Waals surface area contributed by atoms with Crippen LogP contribution in [-0.2, 0) is 21.5 Å². The minimum Gasteiger partial charge on any atom is -0.452 e. The zero-order valence-corrected chi connectivity index (χ0v) is 9.95. The molecular weight excluding hydrogens is 246 g/mol. The molecule has 1 amide bonds. The molecule has 7 nitrogen and oxygen atoms in total. The molecule has 1 rings (SSSR count). The Hall–Kier alpha value is -1.80. The lowest BCUT2D eigenvalue weighted by atomic mass is 10.2. The van der Waals surface area contributed by atoms with Gasteiger partial charge in [-0.15, -0.1) is 0 Å². The monoisotopic (exact) mass is 259 g/mol. The molecule has 0 radical (unpaired) electrons. The fourth-order valence-electron chi connectivity index (χ4n) is 1.07. The molecule has 94 valence electrons. The number of benzene rings is 1. The van der Waals surface area contributed by atoms with Crippen molar-refractivity contribution in [3.05, 3.63) is 29.8 Å². The van der Waals surface area contributed by atoms with E-state index < -0.39 is 16.3 Å². The molecule has 17 heavy (non-hydrogen) atoms. The van der Waals surface area contributed by atoms with Crippen LogP contribution in [0.4, 0.5) is 10.5 Å². The topological polar surface area (TPSA) is 111 Å². The maximum atomic E-state index is 11.3. The number of rotatable bonds is 4. The van der Waals surface area contributed by atoms with Gasteiger partial charge >= 0.3 is 16.3 Å². The number of nitrogens with one attached hydrogen (secondary N) is 2. The van der Waals surface area contributed by atoms with Crippen molar-refractivity contribution >= 4 is 22.0 Å². The molecule has 0 aliphatic carbocycles. The molecule has 0 aromatic heterocycles. The summed E-state index contributed by atoms with van der Waals surface area (Å²) in [6, 6.07) is 6.72. The van der Waals surface area contributed by atoms with E-state index in [1.165, 1.54) is 0 Å². The SMILES string of the molecule is COC(=O)NS(=O)(=O)NCc1cccc(N)c1. The second-order valence-electron chi connectivity index (χ2n) is 3.16. The van der Waals surface area contributed by atoms with E-state index in [1.807, 2.05) is 0 Å². The summed E-state index contributed by atoms with van der Waals surface area (Å²) in [4.78, 5) is 10.7. The molecule has 0 bridgehead atoms. The zero-order chi connectivity index (χ0) is 12.9. The number of hydrogen-bond acceptors (Lipinski definition) is 5. The summed E-state index contributed by atoms with van der Waals surface area (Å²) in [5.41, 5.74) is 6.74. The van der Waals surface area contributed by atoms with Gasteiger partial charge in [0.1, 0.15) is 0 Å². The molecule has 0 unspecified atom stereocenters. The molecule has 8 heteroatoms. The Balaban J connectivity index is 2.58. The molecule has 0 aliphatic rings. The van der Waals surface area contributed by atoms with Gasteiger partial charge in [0, 0.05) is 12.2 Å². The molecule has 0 heterocycles. The van der Waals surface area contributed by atoms with Crippen LogP contribution in [0.1, 0.15) is 5.56 Å². The molecule has 4 N–H and O–H groups in total. The highest BCUT2D eigenvalue weighted by Crippen LogP contribution is 2.06. The lowest BCUT2D eigenvalue weighted by molar-refractivity contribution is 0.177. The minimum atomic E-state index is -3.92. The highest BCUT2D eigenvalue weighted by atomic mass is 32.2. The third kappa shape index (κ3) is 4.70. The molecule has 0 fully saturated rings. The highest BCUT2D eigenvalue weighted by molar-refractivity contribution is 7.88. The van der Waals surface area contributed by atoms with Crippen LogP contribution in [0.5, 0.6) is 0 Å². The van der Waals surface area contributed by atoms with Crippen molar-refractivity contribution in [3.8, 4) is 0 Å². The fraction of sp³-hybridized carbons (Fsp3) is 0.222. The van der Waals surface area contributed by atoms with Gasteiger partial charge < -0.3 is 10.5 Å². The van der Waals surface area contributed by atoms with Crippen molar-refractivity contribution in [2.75, 3.05) is 12.8 Å². The molecule has 0 saturated heterocycles. The molecule has 0 spiro atoms. The van der Waals surface area contributed by atoms with E-state index in [1.54, 1.807) is 29.0 Å². The fourth-order valence-corrected chi connectivity index (χ4v) is 1.80. The molecule has 1 aromatic carbocycles. The van der Waals surface area contributed by atoms with Gasteiger partial charge in [-0.2, -0.15) is 13.1 Å². The van der Waals surface area contributed by atoms with Gasteiger partial charge in [0.2, 0.25) is 0 Å². The maximum absolute atomic E-state index is 11.3. The predicted octanol–water partition coefficient (Wildman–Crippen LogP) is -0.0408. The third-order valence-corrected chi connectivity index (χ3v) is 2.78. The average molecular weight is 259 g/mol. The van der Waals surface area contributed by atoms with E-state index in [0.29, 0.717) is 11.3 Å². The number of anilines is 1. The quantitative estimate of drug-likeness (QED) is 0.657. The smallest absolute Gasteiger partial charge is 0.421 e. The number of carbonyl (C=O) groups excluding carboxylic acids is 1. The first-order valence-corrected chi connectivity index (χ1v) is 6.11. The van der Waals surface area contributed by atoms with Crippen LogP contribution in [0.2, 0.25) is 0 Å². The van der Waals surface area contributed by atoms with Crippen molar-refractivity contribution in [3.63, 3.8) is 0 Å². The molecule has 0 saturated carbocycles. The van der Waals surface area contributed by atoms with Crippen molar-refractivity contribution in [1.82, 2.24) is 9.44 Å². The zero-order valence-electron chi connectivity index (χ0n) is 9.14. The van der Waals surface area contributed by atoms with Gasteiger partial charge in [-0.25, -0.2) is 9.52 Å². The average Bonchev–Trinajstić information content (AvgIpc) is 2.26. The van der Waals surface area contributed by atoms with Crippen LogP contribution in [0, 0.1) is 0 Å². The van der Waals surface area contributed by atoms with Crippen LogP contribution in [-0.4, -0.2) is 21.6 Å². The number of carbonyl (C=O) groups is 1. The van der Waals surface area contributed by atoms with Gasteiger partial charge in [-0.3, -0.25) is 0 Å². The van der Waals surface area contributed by atoms with Gasteiger partial charge in [0.15, 0.2) is 0 Å². The second kappa shape index (κ2) is 5.51. The Bertz CT molecular complexity index is 501. The third-order valence-electron chi connectivity index (χ3n) is 1.82. The van der Waals surface area contributed by atoms with Crippen LogP contribution < -0.4 is 15.2 Å². The number of nitrogen functional groups attached to an aromatic ring is 1. The van der Waals surface area contributed by atoms with Crippen molar-refractivity contribution in [2.24, 2.45) is 0 Å². The van der Waals surface area contributed by atoms with Crippen molar-refractivity contribution in [1.29, 1.82) is 0 Å². The van der Waals surface area contributed by atoms with Crippen LogP contribution in [0.15, 0.2) is 24.3 Å². The summed E-state index contributed by atoms with van der Waals surface area (Å²) in [6.07, 6.45) is -1.05. The summed E-state index contributed by atoms with van der Waals surface area (Å²) in [5.74, 6) is 0. The lowest BCUT2D eigenvalue weighted by Crippen LogP contribution is -2.39. The Morgan fingerprint density at radius 1 is 1.47 bits per heavy atom. The van der Waals surface area contributed by atoms with Gasteiger partial charge in [-0.05, 0) is 17.7 Å². The van der Waals surface area contributed by atoms with E-state index in [9.17, 15) is 13.2 Å². The number of methoxy groups -OCH3 is 1. The second-order valence-corrected chi connectivity index (χ2v) is 4.66. The number of amides is 1. The van der Waals surface area contributed by atoms with E-state index in [4.69, 9.17) is 5.73 Å². The number of hydrogen-bond donors (Lipinski definition) is 3. The van der Waals surface area contributed by atoms with Crippen molar-refractivity contribution in [2.45, 2.75) is 6.54 Å². The first-order chi connectivity index (χ1) is 7.93. The Morgan fingerprint density at radius 2 is 2.18 bits per heavy atom. The molecule has 1 aromatic rings. The van der Waals surface area contributed by atoms with E-state index in [2.05, 4.69) is 9.46 Å². The van der Waals surface area contributed by atoms with E-state index >= 15 is 0 Å². The first-order valence-electron chi connectivity index (χ1n) is 4.63. The van der Waals surface area contributed by atoms with E-state index in [0.717, 1.165) is 7.11 Å². The van der Waals surface area contributed by atoms with Crippen LogP contribution in [0.25, 0.3) is 0 Å². The van der Waals surface area contributed by atoms with Gasteiger partial charge in [0.25, 0.3) is 0 Å². The predicted molar refractivity (Wildman–Crippen MR) is 62.2 cm³/mol. The standard InChI is InChI=1S/C9H13N3O4S/c1-16-9(13)12-17(14,15)11-6-7-3-2-4-8(10)5-7/h2-5,11H,6,10H2,1H3,(H,12,13). The first kappa shape index (κ1) is 13.3. The summed E-state index contributed by atoms with van der Waals surface area (Å²) in [7, 11) is -2.85. The Labute approximate surface area is 99.1 Å².